The fraction of sp³-hybridized carbons (Fsp3) is 0.421. The molecule has 0 aliphatic carbocycles. The second-order valence-electron chi connectivity index (χ2n) is 6.55. The summed E-state index contributed by atoms with van der Waals surface area (Å²) in [5, 5.41) is 0. The normalized spacial score (nSPS) is 19.4. The second kappa shape index (κ2) is 7.29. The van der Waals surface area contributed by atoms with Crippen molar-refractivity contribution in [1.82, 2.24) is 14.5 Å². The van der Waals surface area contributed by atoms with Crippen molar-refractivity contribution >= 4 is 0 Å². The monoisotopic (exact) mass is 341 g/mol. The molecule has 1 atom stereocenters. The summed E-state index contributed by atoms with van der Waals surface area (Å²) in [6.07, 6.45) is 5.73. The Balaban J connectivity index is 1.48. The third kappa shape index (κ3) is 3.70. The van der Waals surface area contributed by atoms with E-state index < -0.39 is 0 Å². The van der Waals surface area contributed by atoms with Crippen LogP contribution < -0.4 is 9.47 Å². The van der Waals surface area contributed by atoms with Crippen LogP contribution in [-0.4, -0.2) is 41.0 Å². The predicted molar refractivity (Wildman–Crippen MR) is 93.4 cm³/mol. The van der Waals surface area contributed by atoms with Gasteiger partial charge in [-0.15, -0.1) is 6.58 Å². The number of rotatable bonds is 6. The topological polar surface area (TPSA) is 48.8 Å². The minimum Gasteiger partial charge on any atom is -0.454 e. The van der Waals surface area contributed by atoms with Gasteiger partial charge in [0.15, 0.2) is 11.5 Å². The standard InChI is InChI=1S/C19H23N3O3/c1-2-7-23-13-16-10-21(12-19-20-5-6-22(19)11-16)9-15-3-4-17-18(8-15)25-14-24-17/h2-6,8,16H,1,7,9-14H2. The van der Waals surface area contributed by atoms with Crippen LogP contribution in [0.15, 0.2) is 43.2 Å². The Hall–Kier alpha value is -2.31. The molecule has 132 valence electrons. The van der Waals surface area contributed by atoms with Crippen LogP contribution in [0.5, 0.6) is 11.5 Å². The summed E-state index contributed by atoms with van der Waals surface area (Å²) in [6.45, 7) is 8.92. The van der Waals surface area contributed by atoms with Crippen molar-refractivity contribution in [3.05, 3.63) is 54.6 Å². The molecule has 2 aliphatic rings. The fourth-order valence-corrected chi connectivity index (χ4v) is 3.46. The van der Waals surface area contributed by atoms with Gasteiger partial charge in [-0.25, -0.2) is 4.98 Å². The molecular formula is C19H23N3O3. The van der Waals surface area contributed by atoms with E-state index in [-0.39, 0.29) is 0 Å². The summed E-state index contributed by atoms with van der Waals surface area (Å²) >= 11 is 0. The van der Waals surface area contributed by atoms with Gasteiger partial charge in [0.2, 0.25) is 6.79 Å². The van der Waals surface area contributed by atoms with E-state index in [1.807, 2.05) is 12.3 Å². The van der Waals surface area contributed by atoms with Gasteiger partial charge in [-0.05, 0) is 17.7 Å². The summed E-state index contributed by atoms with van der Waals surface area (Å²) in [5.41, 5.74) is 1.22. The van der Waals surface area contributed by atoms with Gasteiger partial charge in [0, 0.05) is 37.9 Å². The highest BCUT2D eigenvalue weighted by molar-refractivity contribution is 5.44. The van der Waals surface area contributed by atoms with Crippen molar-refractivity contribution in [1.29, 1.82) is 0 Å². The zero-order valence-electron chi connectivity index (χ0n) is 14.3. The molecule has 2 aromatic rings. The Labute approximate surface area is 147 Å². The highest BCUT2D eigenvalue weighted by Crippen LogP contribution is 2.33. The summed E-state index contributed by atoms with van der Waals surface area (Å²) < 4.78 is 18.8. The number of hydrogen-bond donors (Lipinski definition) is 0. The van der Waals surface area contributed by atoms with Gasteiger partial charge in [-0.3, -0.25) is 4.90 Å². The molecule has 4 rings (SSSR count). The van der Waals surface area contributed by atoms with Crippen molar-refractivity contribution < 1.29 is 14.2 Å². The van der Waals surface area contributed by atoms with Gasteiger partial charge < -0.3 is 18.8 Å². The Morgan fingerprint density at radius 2 is 2.20 bits per heavy atom. The zero-order chi connectivity index (χ0) is 17.1. The Kier molecular flexibility index (Phi) is 4.72. The van der Waals surface area contributed by atoms with Gasteiger partial charge in [0.05, 0.1) is 19.8 Å². The Morgan fingerprint density at radius 1 is 1.28 bits per heavy atom. The number of aromatic nitrogens is 2. The van der Waals surface area contributed by atoms with Crippen molar-refractivity contribution in [2.75, 3.05) is 26.6 Å². The molecule has 1 aromatic carbocycles. The van der Waals surface area contributed by atoms with E-state index in [0.29, 0.717) is 19.3 Å². The maximum atomic E-state index is 5.71. The van der Waals surface area contributed by atoms with Gasteiger partial charge in [-0.1, -0.05) is 12.1 Å². The van der Waals surface area contributed by atoms with E-state index in [0.717, 1.165) is 50.1 Å². The molecule has 0 saturated heterocycles. The average molecular weight is 341 g/mol. The number of ether oxygens (including phenoxy) is 3. The molecule has 1 unspecified atom stereocenters. The third-order valence-electron chi connectivity index (χ3n) is 4.57. The number of imidazole rings is 1. The molecule has 0 spiro atoms. The molecule has 6 nitrogen and oxygen atoms in total. The summed E-state index contributed by atoms with van der Waals surface area (Å²) in [6, 6.07) is 6.16. The maximum absolute atomic E-state index is 5.71. The van der Waals surface area contributed by atoms with Crippen LogP contribution in [0, 0.1) is 5.92 Å². The number of nitrogens with zero attached hydrogens (tertiary/aromatic N) is 3. The molecule has 0 amide bonds. The lowest BCUT2D eigenvalue weighted by Crippen LogP contribution is -2.30. The minimum atomic E-state index is 0.308. The van der Waals surface area contributed by atoms with Crippen molar-refractivity contribution in [3.63, 3.8) is 0 Å². The van der Waals surface area contributed by atoms with Crippen molar-refractivity contribution in [3.8, 4) is 11.5 Å². The van der Waals surface area contributed by atoms with Crippen LogP contribution in [-0.2, 0) is 24.4 Å². The lowest BCUT2D eigenvalue weighted by Gasteiger charge is -2.23. The molecule has 0 radical (unpaired) electrons. The molecule has 0 saturated carbocycles. The molecule has 25 heavy (non-hydrogen) atoms. The molecule has 3 heterocycles. The van der Waals surface area contributed by atoms with Crippen LogP contribution >= 0.6 is 0 Å². The highest BCUT2D eigenvalue weighted by atomic mass is 16.7. The van der Waals surface area contributed by atoms with Gasteiger partial charge in [0.1, 0.15) is 5.82 Å². The lowest BCUT2D eigenvalue weighted by molar-refractivity contribution is 0.0943. The van der Waals surface area contributed by atoms with E-state index in [9.17, 15) is 0 Å². The average Bonchev–Trinajstić information content (AvgIpc) is 3.21. The van der Waals surface area contributed by atoms with Crippen molar-refractivity contribution in [2.24, 2.45) is 5.92 Å². The van der Waals surface area contributed by atoms with Gasteiger partial charge >= 0.3 is 0 Å². The second-order valence-corrected chi connectivity index (χ2v) is 6.55. The van der Waals surface area contributed by atoms with E-state index >= 15 is 0 Å². The predicted octanol–water partition coefficient (Wildman–Crippen LogP) is 2.45. The Bertz CT molecular complexity index is 743. The first kappa shape index (κ1) is 16.2. The number of fused-ring (bicyclic) bond motifs is 2. The largest absolute Gasteiger partial charge is 0.454 e. The summed E-state index contributed by atoms with van der Waals surface area (Å²) in [4.78, 5) is 6.94. The molecule has 6 heteroatoms. The molecule has 2 aliphatic heterocycles. The lowest BCUT2D eigenvalue weighted by atomic mass is 10.1. The SMILES string of the molecule is C=CCOCC1CN(Cc2ccc3c(c2)OCO3)Cc2nccn2C1. The fourth-order valence-electron chi connectivity index (χ4n) is 3.46. The molecule has 0 bridgehead atoms. The smallest absolute Gasteiger partial charge is 0.231 e. The first-order valence-electron chi connectivity index (χ1n) is 8.61. The zero-order valence-corrected chi connectivity index (χ0v) is 14.3. The molecule has 0 N–H and O–H groups in total. The number of hydrogen-bond acceptors (Lipinski definition) is 5. The van der Waals surface area contributed by atoms with E-state index in [2.05, 4.69) is 39.4 Å². The van der Waals surface area contributed by atoms with E-state index in [4.69, 9.17) is 14.2 Å². The third-order valence-corrected chi connectivity index (χ3v) is 4.57. The summed E-state index contributed by atoms with van der Waals surface area (Å²) in [7, 11) is 0. The van der Waals surface area contributed by atoms with E-state index in [1.54, 1.807) is 6.08 Å². The number of benzene rings is 1. The van der Waals surface area contributed by atoms with Crippen molar-refractivity contribution in [2.45, 2.75) is 19.6 Å². The first-order valence-corrected chi connectivity index (χ1v) is 8.61. The minimum absolute atomic E-state index is 0.308. The molecule has 1 aromatic heterocycles. The van der Waals surface area contributed by atoms with Crippen LogP contribution in [0.4, 0.5) is 0 Å². The van der Waals surface area contributed by atoms with E-state index in [1.165, 1.54) is 5.56 Å². The molecular weight excluding hydrogens is 318 g/mol. The first-order chi connectivity index (χ1) is 12.3. The van der Waals surface area contributed by atoms with Crippen LogP contribution in [0.3, 0.4) is 0 Å². The van der Waals surface area contributed by atoms with Crippen LogP contribution in [0.25, 0.3) is 0 Å². The van der Waals surface area contributed by atoms with Gasteiger partial charge in [-0.2, -0.15) is 0 Å². The van der Waals surface area contributed by atoms with Crippen LogP contribution in [0.2, 0.25) is 0 Å². The molecule has 0 fully saturated rings. The summed E-state index contributed by atoms with van der Waals surface area (Å²) in [5.74, 6) is 3.18. The van der Waals surface area contributed by atoms with Crippen LogP contribution in [0.1, 0.15) is 11.4 Å². The quantitative estimate of drug-likeness (QED) is 0.597. The maximum Gasteiger partial charge on any atom is 0.231 e. The van der Waals surface area contributed by atoms with Gasteiger partial charge in [0.25, 0.3) is 0 Å². The highest BCUT2D eigenvalue weighted by Gasteiger charge is 2.23. The Morgan fingerprint density at radius 3 is 3.12 bits per heavy atom.